The first-order valence-corrected chi connectivity index (χ1v) is 10.5. The maximum absolute atomic E-state index is 13.4. The molecule has 9 nitrogen and oxygen atoms in total. The number of hydrogen-bond acceptors (Lipinski definition) is 7. The van der Waals surface area contributed by atoms with Crippen LogP contribution in [0.25, 0.3) is 22.3 Å². The molecule has 2 amide bonds. The van der Waals surface area contributed by atoms with E-state index in [1.165, 1.54) is 11.3 Å². The minimum Gasteiger partial charge on any atom is -0.451 e. The zero-order valence-corrected chi connectivity index (χ0v) is 18.1. The lowest BCUT2D eigenvalue weighted by atomic mass is 10.1. The fourth-order valence-electron chi connectivity index (χ4n) is 3.50. The van der Waals surface area contributed by atoms with E-state index in [-0.39, 0.29) is 18.4 Å². The molecule has 0 saturated carbocycles. The van der Waals surface area contributed by atoms with Gasteiger partial charge in [0, 0.05) is 22.5 Å². The van der Waals surface area contributed by atoms with Crippen LogP contribution < -0.4 is 10.2 Å². The van der Waals surface area contributed by atoms with Gasteiger partial charge in [-0.3, -0.25) is 14.5 Å². The van der Waals surface area contributed by atoms with Crippen molar-refractivity contribution in [1.29, 1.82) is 0 Å². The summed E-state index contributed by atoms with van der Waals surface area (Å²) in [7, 11) is 0. The Morgan fingerprint density at radius 3 is 2.44 bits per heavy atom. The van der Waals surface area contributed by atoms with E-state index in [0.29, 0.717) is 33.7 Å². The molecule has 0 aliphatic rings. The third-order valence-electron chi connectivity index (χ3n) is 5.29. The SMILES string of the molecule is Cc1ccc(N(CC(=O)Nc2ccc(-c3cocn3)cc2)C(=O)c2ccc3nonc3c2)cc1. The Bertz CT molecular complexity index is 1440. The Balaban J connectivity index is 1.37. The van der Waals surface area contributed by atoms with Crippen LogP contribution >= 0.6 is 0 Å². The van der Waals surface area contributed by atoms with Gasteiger partial charge in [0.1, 0.15) is 29.5 Å². The molecule has 1 N–H and O–H groups in total. The average molecular weight is 453 g/mol. The Kier molecular flexibility index (Phi) is 5.57. The molecule has 0 bridgehead atoms. The van der Waals surface area contributed by atoms with Crippen LogP contribution in [0.3, 0.4) is 0 Å². The maximum atomic E-state index is 13.4. The summed E-state index contributed by atoms with van der Waals surface area (Å²) in [6, 6.07) is 19.5. The van der Waals surface area contributed by atoms with Crippen LogP contribution in [0.4, 0.5) is 11.4 Å². The van der Waals surface area contributed by atoms with Crippen LogP contribution in [-0.2, 0) is 4.79 Å². The second-order valence-electron chi connectivity index (χ2n) is 7.69. The molecule has 0 atom stereocenters. The van der Waals surface area contributed by atoms with Gasteiger partial charge < -0.3 is 9.73 Å². The summed E-state index contributed by atoms with van der Waals surface area (Å²) in [6.45, 7) is 1.78. The number of carbonyl (C=O) groups is 2. The lowest BCUT2D eigenvalue weighted by molar-refractivity contribution is -0.114. The van der Waals surface area contributed by atoms with Crippen LogP contribution in [-0.4, -0.2) is 33.7 Å². The number of anilines is 2. The predicted molar refractivity (Wildman–Crippen MR) is 125 cm³/mol. The highest BCUT2D eigenvalue weighted by Gasteiger charge is 2.22. The van der Waals surface area contributed by atoms with Gasteiger partial charge in [0.15, 0.2) is 6.39 Å². The average Bonchev–Trinajstić information content (AvgIpc) is 3.55. The highest BCUT2D eigenvalue weighted by atomic mass is 16.6. The summed E-state index contributed by atoms with van der Waals surface area (Å²) in [5, 5.41) is 10.4. The monoisotopic (exact) mass is 453 g/mol. The molecule has 5 rings (SSSR count). The third-order valence-corrected chi connectivity index (χ3v) is 5.29. The fourth-order valence-corrected chi connectivity index (χ4v) is 3.50. The number of oxazole rings is 1. The molecule has 9 heteroatoms. The molecule has 0 aliphatic carbocycles. The Hall–Kier alpha value is -4.79. The lowest BCUT2D eigenvalue weighted by Gasteiger charge is -2.23. The lowest BCUT2D eigenvalue weighted by Crippen LogP contribution is -2.38. The summed E-state index contributed by atoms with van der Waals surface area (Å²) in [6.07, 6.45) is 2.91. The quantitative estimate of drug-likeness (QED) is 0.403. The van der Waals surface area contributed by atoms with Crippen LogP contribution in [0.1, 0.15) is 15.9 Å². The number of hydrogen-bond donors (Lipinski definition) is 1. The van der Waals surface area contributed by atoms with Gasteiger partial charge in [0.2, 0.25) is 5.91 Å². The van der Waals surface area contributed by atoms with E-state index in [0.717, 1.165) is 11.1 Å². The summed E-state index contributed by atoms with van der Waals surface area (Å²) in [5.41, 5.74) is 5.19. The molecule has 0 saturated heterocycles. The maximum Gasteiger partial charge on any atom is 0.258 e. The van der Waals surface area contributed by atoms with E-state index < -0.39 is 0 Å². The normalized spacial score (nSPS) is 10.9. The highest BCUT2D eigenvalue weighted by molar-refractivity contribution is 6.11. The van der Waals surface area contributed by atoms with Gasteiger partial charge in [-0.25, -0.2) is 9.61 Å². The molecule has 0 aliphatic heterocycles. The van der Waals surface area contributed by atoms with Gasteiger partial charge in [0.05, 0.1) is 0 Å². The van der Waals surface area contributed by atoms with Crippen molar-refractivity contribution < 1.29 is 18.6 Å². The second kappa shape index (κ2) is 8.99. The number of aromatic nitrogens is 3. The molecule has 34 heavy (non-hydrogen) atoms. The number of amides is 2. The van der Waals surface area contributed by atoms with E-state index in [1.807, 2.05) is 43.3 Å². The van der Waals surface area contributed by atoms with Crippen LogP contribution in [0.5, 0.6) is 0 Å². The molecule has 0 fully saturated rings. The standard InChI is InChI=1S/C25H19N5O4/c1-16-2-9-20(10-3-16)30(25(32)18-6-11-21-22(12-18)29-34-28-21)13-24(31)27-19-7-4-17(5-8-19)23-14-33-15-26-23/h2-12,14-15H,13H2,1H3,(H,27,31). The first-order valence-electron chi connectivity index (χ1n) is 10.5. The van der Waals surface area contributed by atoms with Crippen molar-refractivity contribution in [2.75, 3.05) is 16.8 Å². The topological polar surface area (TPSA) is 114 Å². The number of nitrogens with zero attached hydrogens (tertiary/aromatic N) is 4. The van der Waals surface area contributed by atoms with Crippen molar-refractivity contribution in [3.05, 3.63) is 90.5 Å². The van der Waals surface area contributed by atoms with Crippen molar-refractivity contribution in [3.63, 3.8) is 0 Å². The van der Waals surface area contributed by atoms with E-state index in [1.54, 1.807) is 36.6 Å². The van der Waals surface area contributed by atoms with Gasteiger partial charge in [0.25, 0.3) is 5.91 Å². The van der Waals surface area contributed by atoms with Crippen molar-refractivity contribution in [1.82, 2.24) is 15.3 Å². The van der Waals surface area contributed by atoms with Crippen molar-refractivity contribution >= 4 is 34.2 Å². The smallest absolute Gasteiger partial charge is 0.258 e. The largest absolute Gasteiger partial charge is 0.451 e. The second-order valence-corrected chi connectivity index (χ2v) is 7.69. The van der Waals surface area contributed by atoms with E-state index in [2.05, 4.69) is 20.6 Å². The van der Waals surface area contributed by atoms with Gasteiger partial charge in [-0.05, 0) is 59.7 Å². The molecule has 0 unspecified atom stereocenters. The molecular weight excluding hydrogens is 434 g/mol. The van der Waals surface area contributed by atoms with Gasteiger partial charge in [-0.1, -0.05) is 29.8 Å². The molecule has 2 heterocycles. The predicted octanol–water partition coefficient (Wildman–Crippen LogP) is 4.47. The number of aryl methyl sites for hydroxylation is 1. The highest BCUT2D eigenvalue weighted by Crippen LogP contribution is 2.22. The molecule has 3 aromatic carbocycles. The first-order chi connectivity index (χ1) is 16.6. The first kappa shape index (κ1) is 21.1. The van der Waals surface area contributed by atoms with Gasteiger partial charge in [-0.15, -0.1) is 0 Å². The molecule has 168 valence electrons. The molecule has 0 spiro atoms. The molecular formula is C25H19N5O4. The Morgan fingerprint density at radius 2 is 1.71 bits per heavy atom. The van der Waals surface area contributed by atoms with Gasteiger partial charge >= 0.3 is 0 Å². The molecule has 0 radical (unpaired) electrons. The Labute approximate surface area is 194 Å². The zero-order chi connectivity index (χ0) is 23.5. The van der Waals surface area contributed by atoms with Gasteiger partial charge in [-0.2, -0.15) is 0 Å². The summed E-state index contributed by atoms with van der Waals surface area (Å²) in [5.74, 6) is -0.683. The van der Waals surface area contributed by atoms with Crippen LogP contribution in [0, 0.1) is 6.92 Å². The van der Waals surface area contributed by atoms with Crippen molar-refractivity contribution in [3.8, 4) is 11.3 Å². The summed E-state index contributed by atoms with van der Waals surface area (Å²) < 4.78 is 9.73. The summed E-state index contributed by atoms with van der Waals surface area (Å²) >= 11 is 0. The molecule has 2 aromatic heterocycles. The number of fused-ring (bicyclic) bond motifs is 1. The number of benzene rings is 3. The van der Waals surface area contributed by atoms with Crippen LogP contribution in [0.2, 0.25) is 0 Å². The minimum atomic E-state index is -0.342. The number of carbonyl (C=O) groups excluding carboxylic acids is 2. The summed E-state index contributed by atoms with van der Waals surface area (Å²) in [4.78, 5) is 31.9. The molecule has 5 aromatic rings. The number of nitrogens with one attached hydrogen (secondary N) is 1. The van der Waals surface area contributed by atoms with Crippen molar-refractivity contribution in [2.45, 2.75) is 6.92 Å². The van der Waals surface area contributed by atoms with E-state index in [9.17, 15) is 9.59 Å². The van der Waals surface area contributed by atoms with E-state index >= 15 is 0 Å². The number of rotatable bonds is 6. The Morgan fingerprint density at radius 1 is 0.941 bits per heavy atom. The van der Waals surface area contributed by atoms with Crippen molar-refractivity contribution in [2.24, 2.45) is 0 Å². The fraction of sp³-hybridized carbons (Fsp3) is 0.0800. The zero-order valence-electron chi connectivity index (χ0n) is 18.1. The van der Waals surface area contributed by atoms with E-state index in [4.69, 9.17) is 9.05 Å². The minimum absolute atomic E-state index is 0.179. The third kappa shape index (κ3) is 4.40. The van der Waals surface area contributed by atoms with Crippen LogP contribution in [0.15, 0.2) is 88.4 Å².